The highest BCUT2D eigenvalue weighted by molar-refractivity contribution is 7.89. The van der Waals surface area contributed by atoms with Gasteiger partial charge in [-0.05, 0) is 73.8 Å². The third-order valence-electron chi connectivity index (χ3n) is 5.93. The molecular formula is C25H29N3O4S. The number of likely N-dealkylation sites (tertiary alicyclic amines) is 1. The van der Waals surface area contributed by atoms with Crippen LogP contribution in [0.15, 0.2) is 70.2 Å². The number of hydrogen-bond acceptors (Lipinski definition) is 5. The van der Waals surface area contributed by atoms with Crippen LogP contribution in [0.4, 0.5) is 0 Å². The van der Waals surface area contributed by atoms with E-state index in [2.05, 4.69) is 21.0 Å². The number of sulfonamides is 1. The van der Waals surface area contributed by atoms with Gasteiger partial charge in [0, 0.05) is 18.7 Å². The Hall–Kier alpha value is -2.94. The van der Waals surface area contributed by atoms with Gasteiger partial charge in [0.2, 0.25) is 10.0 Å². The van der Waals surface area contributed by atoms with Crippen LogP contribution in [0.1, 0.15) is 45.7 Å². The molecule has 1 fully saturated rings. The number of amides is 1. The topological polar surface area (TPSA) is 91.6 Å². The smallest absolute Gasteiger partial charge is 0.251 e. The molecule has 0 radical (unpaired) electrons. The van der Waals surface area contributed by atoms with Crippen LogP contribution in [0.5, 0.6) is 0 Å². The molecule has 33 heavy (non-hydrogen) atoms. The van der Waals surface area contributed by atoms with E-state index in [9.17, 15) is 13.2 Å². The molecule has 8 heteroatoms. The molecule has 0 bridgehead atoms. The van der Waals surface area contributed by atoms with Crippen LogP contribution in [0, 0.1) is 6.92 Å². The molecule has 2 aromatic carbocycles. The summed E-state index contributed by atoms with van der Waals surface area (Å²) in [6, 6.07) is 16.1. The molecule has 2 heterocycles. The summed E-state index contributed by atoms with van der Waals surface area (Å²) in [5.74, 6) is 0.211. The maximum Gasteiger partial charge on any atom is 0.251 e. The van der Waals surface area contributed by atoms with Crippen LogP contribution in [-0.4, -0.2) is 32.3 Å². The third kappa shape index (κ3) is 5.90. The molecule has 3 aromatic rings. The van der Waals surface area contributed by atoms with Crippen molar-refractivity contribution in [2.45, 2.75) is 44.3 Å². The highest BCUT2D eigenvalue weighted by atomic mass is 32.2. The molecule has 0 unspecified atom stereocenters. The van der Waals surface area contributed by atoms with Gasteiger partial charge in [0.1, 0.15) is 5.76 Å². The number of benzene rings is 2. The molecule has 4 rings (SSSR count). The first kappa shape index (κ1) is 23.2. The first-order valence-corrected chi connectivity index (χ1v) is 12.6. The van der Waals surface area contributed by atoms with Crippen molar-refractivity contribution >= 4 is 15.9 Å². The van der Waals surface area contributed by atoms with Gasteiger partial charge >= 0.3 is 0 Å². The van der Waals surface area contributed by atoms with Crippen LogP contribution in [0.3, 0.4) is 0 Å². The fraction of sp³-hybridized carbons (Fsp3) is 0.320. The zero-order chi connectivity index (χ0) is 23.3. The summed E-state index contributed by atoms with van der Waals surface area (Å²) in [6.07, 6.45) is 3.95. The fourth-order valence-electron chi connectivity index (χ4n) is 4.01. The van der Waals surface area contributed by atoms with Gasteiger partial charge in [-0.25, -0.2) is 13.1 Å². The summed E-state index contributed by atoms with van der Waals surface area (Å²) in [5, 5.41) is 2.97. The van der Waals surface area contributed by atoms with Crippen molar-refractivity contribution in [1.82, 2.24) is 14.9 Å². The van der Waals surface area contributed by atoms with Crippen LogP contribution >= 0.6 is 0 Å². The van der Waals surface area contributed by atoms with E-state index in [0.717, 1.165) is 25.2 Å². The number of nitrogens with one attached hydrogen (secondary N) is 2. The lowest BCUT2D eigenvalue weighted by molar-refractivity contribution is 0.0950. The molecule has 1 saturated heterocycles. The number of aryl methyl sites for hydroxylation is 1. The molecule has 1 aliphatic heterocycles. The van der Waals surface area contributed by atoms with Gasteiger partial charge in [-0.15, -0.1) is 0 Å². The molecule has 0 atom stereocenters. The second-order valence-corrected chi connectivity index (χ2v) is 10.1. The normalized spacial score (nSPS) is 14.5. The standard InChI is InChI=1S/C25H29N3O4S/c1-19-10-11-23(33(30,31)27-17-22-9-6-14-32-22)15-24(19)25(29)26-16-20-7-2-3-8-21(20)18-28-12-4-5-13-28/h2-3,6-11,14-15,27H,4-5,12-13,16-18H2,1H3,(H,26,29). The molecule has 1 amide bonds. The first-order chi connectivity index (χ1) is 15.9. The van der Waals surface area contributed by atoms with Crippen molar-refractivity contribution in [3.8, 4) is 0 Å². The van der Waals surface area contributed by atoms with Gasteiger partial charge in [0.15, 0.2) is 0 Å². The van der Waals surface area contributed by atoms with Crippen molar-refractivity contribution in [3.05, 3.63) is 88.9 Å². The fourth-order valence-corrected chi connectivity index (χ4v) is 5.03. The first-order valence-electron chi connectivity index (χ1n) is 11.1. The van der Waals surface area contributed by atoms with Crippen molar-refractivity contribution in [2.24, 2.45) is 0 Å². The SMILES string of the molecule is Cc1ccc(S(=O)(=O)NCc2ccco2)cc1C(=O)NCc1ccccc1CN1CCCC1. The Morgan fingerprint density at radius 1 is 1.00 bits per heavy atom. The van der Waals surface area contributed by atoms with E-state index in [0.29, 0.717) is 23.4 Å². The molecule has 7 nitrogen and oxygen atoms in total. The molecule has 0 aliphatic carbocycles. The Morgan fingerprint density at radius 2 is 1.76 bits per heavy atom. The van der Waals surface area contributed by atoms with Crippen LogP contribution in [0.25, 0.3) is 0 Å². The number of carbonyl (C=O) groups is 1. The average molecular weight is 468 g/mol. The Balaban J connectivity index is 1.44. The van der Waals surface area contributed by atoms with E-state index in [1.54, 1.807) is 25.1 Å². The summed E-state index contributed by atoms with van der Waals surface area (Å²) in [4.78, 5) is 15.4. The number of rotatable bonds is 9. The molecule has 0 spiro atoms. The Bertz CT molecular complexity index is 1200. The second-order valence-electron chi connectivity index (χ2n) is 8.32. The molecule has 1 aliphatic rings. The van der Waals surface area contributed by atoms with Gasteiger partial charge in [-0.3, -0.25) is 9.69 Å². The van der Waals surface area contributed by atoms with Gasteiger partial charge in [0.25, 0.3) is 5.91 Å². The van der Waals surface area contributed by atoms with E-state index in [-0.39, 0.29) is 17.3 Å². The highest BCUT2D eigenvalue weighted by Crippen LogP contribution is 2.18. The zero-order valence-electron chi connectivity index (χ0n) is 18.7. The second kappa shape index (κ2) is 10.3. The molecule has 2 N–H and O–H groups in total. The Labute approximate surface area is 194 Å². The number of nitrogens with zero attached hydrogens (tertiary/aromatic N) is 1. The lowest BCUT2D eigenvalue weighted by Crippen LogP contribution is -2.27. The summed E-state index contributed by atoms with van der Waals surface area (Å²) in [7, 11) is -3.79. The molecule has 174 valence electrons. The lowest BCUT2D eigenvalue weighted by atomic mass is 10.1. The Morgan fingerprint density at radius 3 is 2.48 bits per heavy atom. The summed E-state index contributed by atoms with van der Waals surface area (Å²) in [5.41, 5.74) is 3.32. The van der Waals surface area contributed by atoms with E-state index in [4.69, 9.17) is 4.42 Å². The van der Waals surface area contributed by atoms with Gasteiger partial charge in [0.05, 0.1) is 17.7 Å². The number of carbonyl (C=O) groups excluding carboxylic acids is 1. The van der Waals surface area contributed by atoms with E-state index < -0.39 is 10.0 Å². The van der Waals surface area contributed by atoms with E-state index in [1.165, 1.54) is 36.8 Å². The monoisotopic (exact) mass is 467 g/mol. The van der Waals surface area contributed by atoms with Crippen molar-refractivity contribution in [2.75, 3.05) is 13.1 Å². The Kier molecular flexibility index (Phi) is 7.27. The van der Waals surface area contributed by atoms with Crippen LogP contribution < -0.4 is 10.0 Å². The van der Waals surface area contributed by atoms with Gasteiger partial charge in [-0.1, -0.05) is 30.3 Å². The lowest BCUT2D eigenvalue weighted by Gasteiger charge is -2.18. The minimum Gasteiger partial charge on any atom is -0.468 e. The zero-order valence-corrected chi connectivity index (χ0v) is 19.5. The van der Waals surface area contributed by atoms with Crippen molar-refractivity contribution in [1.29, 1.82) is 0 Å². The summed E-state index contributed by atoms with van der Waals surface area (Å²) in [6.45, 7) is 5.31. The van der Waals surface area contributed by atoms with E-state index >= 15 is 0 Å². The molecular weight excluding hydrogens is 438 g/mol. The summed E-state index contributed by atoms with van der Waals surface area (Å²) >= 11 is 0. The van der Waals surface area contributed by atoms with E-state index in [1.807, 2.05) is 18.2 Å². The predicted molar refractivity (Wildman–Crippen MR) is 126 cm³/mol. The minimum absolute atomic E-state index is 0.0402. The number of hydrogen-bond donors (Lipinski definition) is 2. The number of furan rings is 1. The quantitative estimate of drug-likeness (QED) is 0.502. The molecule has 0 saturated carbocycles. The maximum absolute atomic E-state index is 13.0. The van der Waals surface area contributed by atoms with Crippen LogP contribution in [0.2, 0.25) is 0 Å². The minimum atomic E-state index is -3.79. The third-order valence-corrected chi connectivity index (χ3v) is 7.33. The van der Waals surface area contributed by atoms with Crippen molar-refractivity contribution < 1.29 is 17.6 Å². The van der Waals surface area contributed by atoms with Gasteiger partial charge in [-0.2, -0.15) is 0 Å². The highest BCUT2D eigenvalue weighted by Gasteiger charge is 2.19. The van der Waals surface area contributed by atoms with Crippen LogP contribution in [-0.2, 0) is 29.7 Å². The summed E-state index contributed by atoms with van der Waals surface area (Å²) < 4.78 is 33.1. The molecule has 1 aromatic heterocycles. The van der Waals surface area contributed by atoms with Gasteiger partial charge < -0.3 is 9.73 Å². The largest absolute Gasteiger partial charge is 0.468 e. The maximum atomic E-state index is 13.0. The predicted octanol–water partition coefficient (Wildman–Crippen LogP) is 3.59. The van der Waals surface area contributed by atoms with Crippen molar-refractivity contribution in [3.63, 3.8) is 0 Å². The average Bonchev–Trinajstić information content (AvgIpc) is 3.51.